The minimum absolute atomic E-state index is 0.256. The van der Waals surface area contributed by atoms with E-state index >= 15 is 0 Å². The zero-order valence-corrected chi connectivity index (χ0v) is 7.68. The maximum atomic E-state index is 11.0. The highest BCUT2D eigenvalue weighted by molar-refractivity contribution is 5.37. The molecule has 0 unspecified atom stereocenters. The molecule has 7 nitrogen and oxygen atoms in total. The van der Waals surface area contributed by atoms with Crippen molar-refractivity contribution in [1.29, 1.82) is 0 Å². The molecule has 0 saturated carbocycles. The van der Waals surface area contributed by atoms with E-state index in [2.05, 4.69) is 9.97 Å². The van der Waals surface area contributed by atoms with Gasteiger partial charge in [0.1, 0.15) is 0 Å². The van der Waals surface area contributed by atoms with Gasteiger partial charge >= 0.3 is 17.1 Å². The van der Waals surface area contributed by atoms with Crippen molar-refractivity contribution in [2.45, 2.75) is 20.0 Å². The van der Waals surface area contributed by atoms with E-state index in [0.717, 1.165) is 6.33 Å². The highest BCUT2D eigenvalue weighted by Crippen LogP contribution is 2.18. The molecule has 76 valence electrons. The Bertz CT molecular complexity index is 398. The van der Waals surface area contributed by atoms with Crippen LogP contribution in [0.4, 0.5) is 5.69 Å². The summed E-state index contributed by atoms with van der Waals surface area (Å²) < 4.78 is 5.01. The van der Waals surface area contributed by atoms with E-state index in [1.54, 1.807) is 13.8 Å². The smallest absolute Gasteiger partial charge is 0.395 e. The van der Waals surface area contributed by atoms with Gasteiger partial charge in [0, 0.05) is 0 Å². The van der Waals surface area contributed by atoms with Crippen molar-refractivity contribution in [2.75, 3.05) is 0 Å². The number of nitro groups is 1. The van der Waals surface area contributed by atoms with E-state index in [0.29, 0.717) is 0 Å². The molecule has 1 aromatic rings. The largest absolute Gasteiger partial charge is 0.470 e. The molecule has 0 fully saturated rings. The summed E-state index contributed by atoms with van der Waals surface area (Å²) >= 11 is 0. The lowest BCUT2D eigenvalue weighted by Crippen LogP contribution is -2.16. The van der Waals surface area contributed by atoms with Crippen molar-refractivity contribution in [3.05, 3.63) is 26.8 Å². The van der Waals surface area contributed by atoms with E-state index in [-0.39, 0.29) is 12.0 Å². The van der Waals surface area contributed by atoms with Crippen LogP contribution in [0.25, 0.3) is 0 Å². The molecule has 1 N–H and O–H groups in total. The monoisotopic (exact) mass is 199 g/mol. The van der Waals surface area contributed by atoms with Gasteiger partial charge < -0.3 is 9.72 Å². The Hall–Kier alpha value is -1.92. The number of ether oxygens (including phenoxy) is 1. The fourth-order valence-corrected chi connectivity index (χ4v) is 0.847. The third-order valence-corrected chi connectivity index (χ3v) is 1.33. The van der Waals surface area contributed by atoms with Crippen LogP contribution >= 0.6 is 0 Å². The van der Waals surface area contributed by atoms with Crippen molar-refractivity contribution in [3.8, 4) is 5.88 Å². The average Bonchev–Trinajstić information content (AvgIpc) is 2.01. The first-order valence-electron chi connectivity index (χ1n) is 3.91. The van der Waals surface area contributed by atoms with Crippen LogP contribution < -0.4 is 10.3 Å². The number of H-pyrrole nitrogens is 1. The molecule has 1 rings (SSSR count). The zero-order valence-electron chi connectivity index (χ0n) is 7.68. The summed E-state index contributed by atoms with van der Waals surface area (Å²) in [6.45, 7) is 3.37. The first kappa shape index (κ1) is 10.2. The van der Waals surface area contributed by atoms with E-state index < -0.39 is 16.2 Å². The molecule has 0 amide bonds. The van der Waals surface area contributed by atoms with Gasteiger partial charge in [-0.1, -0.05) is 0 Å². The van der Waals surface area contributed by atoms with Gasteiger partial charge in [-0.25, -0.2) is 0 Å². The summed E-state index contributed by atoms with van der Waals surface area (Å²) in [4.78, 5) is 26.4. The highest BCUT2D eigenvalue weighted by atomic mass is 16.6. The van der Waals surface area contributed by atoms with Crippen molar-refractivity contribution in [1.82, 2.24) is 9.97 Å². The molecule has 1 heterocycles. The van der Waals surface area contributed by atoms with Crippen molar-refractivity contribution < 1.29 is 9.66 Å². The van der Waals surface area contributed by atoms with E-state index in [9.17, 15) is 14.9 Å². The van der Waals surface area contributed by atoms with Crippen LogP contribution in [0.2, 0.25) is 0 Å². The van der Waals surface area contributed by atoms with Gasteiger partial charge in [-0.15, -0.1) is 0 Å². The third-order valence-electron chi connectivity index (χ3n) is 1.33. The second-order valence-corrected chi connectivity index (χ2v) is 2.81. The second kappa shape index (κ2) is 3.86. The number of hydrogen-bond donors (Lipinski definition) is 1. The summed E-state index contributed by atoms with van der Waals surface area (Å²) in [5.74, 6) is -0.256. The molecule has 0 aliphatic carbocycles. The van der Waals surface area contributed by atoms with E-state index in [4.69, 9.17) is 4.74 Å². The quantitative estimate of drug-likeness (QED) is 0.563. The molecule has 14 heavy (non-hydrogen) atoms. The lowest BCUT2D eigenvalue weighted by molar-refractivity contribution is -0.387. The standard InChI is InChI=1S/C7H9N3O4/c1-4(2)14-7-5(10(12)13)6(11)8-3-9-7/h3-4H,1-2H3,(H,8,9,11). The molecule has 7 heteroatoms. The SMILES string of the molecule is CC(C)Oc1nc[nH]c(=O)c1[N+](=O)[O-]. The molecule has 1 aromatic heterocycles. The van der Waals surface area contributed by atoms with Gasteiger partial charge in [0.05, 0.1) is 17.4 Å². The van der Waals surface area contributed by atoms with Crippen LogP contribution in [0.15, 0.2) is 11.1 Å². The van der Waals surface area contributed by atoms with Crippen LogP contribution in [0.1, 0.15) is 13.8 Å². The molecule has 0 saturated heterocycles. The summed E-state index contributed by atoms with van der Waals surface area (Å²) in [5.41, 5.74) is -1.48. The van der Waals surface area contributed by atoms with Crippen molar-refractivity contribution >= 4 is 5.69 Å². The Morgan fingerprint density at radius 2 is 2.29 bits per heavy atom. The van der Waals surface area contributed by atoms with Gasteiger partial charge in [0.25, 0.3) is 0 Å². The third kappa shape index (κ3) is 2.06. The lowest BCUT2D eigenvalue weighted by atomic mass is 10.4. The maximum absolute atomic E-state index is 11.0. The molecule has 0 aromatic carbocycles. The number of hydrogen-bond acceptors (Lipinski definition) is 5. The predicted molar refractivity (Wildman–Crippen MR) is 47.3 cm³/mol. The van der Waals surface area contributed by atoms with E-state index in [1.165, 1.54) is 0 Å². The first-order valence-corrected chi connectivity index (χ1v) is 3.91. The van der Waals surface area contributed by atoms with Gasteiger partial charge in [0.2, 0.25) is 0 Å². The molecule has 0 atom stereocenters. The normalized spacial score (nSPS) is 10.2. The summed E-state index contributed by atoms with van der Waals surface area (Å²) in [6, 6.07) is 0. The Labute approximate surface area is 78.9 Å². The zero-order chi connectivity index (χ0) is 10.7. The minimum atomic E-state index is -0.819. The number of nitrogens with zero attached hydrogens (tertiary/aromatic N) is 2. The van der Waals surface area contributed by atoms with E-state index in [1.807, 2.05) is 0 Å². The highest BCUT2D eigenvalue weighted by Gasteiger charge is 2.22. The van der Waals surface area contributed by atoms with Crippen LogP contribution in [-0.4, -0.2) is 21.0 Å². The lowest BCUT2D eigenvalue weighted by Gasteiger charge is -2.06. The molecule has 0 aliphatic heterocycles. The topological polar surface area (TPSA) is 98.1 Å². The molecule has 0 aliphatic rings. The fraction of sp³-hybridized carbons (Fsp3) is 0.429. The number of aromatic nitrogens is 2. The number of aromatic amines is 1. The van der Waals surface area contributed by atoms with Crippen molar-refractivity contribution in [3.63, 3.8) is 0 Å². The van der Waals surface area contributed by atoms with Gasteiger partial charge in [-0.3, -0.25) is 14.9 Å². The molecule has 0 radical (unpaired) electrons. The Kier molecular flexibility index (Phi) is 2.80. The fourth-order valence-electron chi connectivity index (χ4n) is 0.847. The summed E-state index contributed by atoms with van der Waals surface area (Å²) in [5, 5.41) is 10.5. The van der Waals surface area contributed by atoms with Crippen molar-refractivity contribution in [2.24, 2.45) is 0 Å². The van der Waals surface area contributed by atoms with Gasteiger partial charge in [0.15, 0.2) is 0 Å². The number of rotatable bonds is 3. The van der Waals surface area contributed by atoms with Crippen LogP contribution in [0.5, 0.6) is 5.88 Å². The first-order chi connectivity index (χ1) is 6.52. The summed E-state index contributed by atoms with van der Waals surface area (Å²) in [7, 11) is 0. The van der Waals surface area contributed by atoms with Crippen LogP contribution in [-0.2, 0) is 0 Å². The Morgan fingerprint density at radius 1 is 1.64 bits per heavy atom. The Balaban J connectivity index is 3.22. The minimum Gasteiger partial charge on any atom is -0.470 e. The predicted octanol–water partition coefficient (Wildman–Crippen LogP) is 0.465. The summed E-state index contributed by atoms with van der Waals surface area (Å²) in [6.07, 6.45) is 0.788. The Morgan fingerprint density at radius 3 is 2.79 bits per heavy atom. The average molecular weight is 199 g/mol. The maximum Gasteiger partial charge on any atom is 0.395 e. The van der Waals surface area contributed by atoms with Crippen LogP contribution in [0.3, 0.4) is 0 Å². The molecular formula is C7H9N3O4. The number of nitrogens with one attached hydrogen (secondary N) is 1. The molecule has 0 spiro atoms. The molecule has 0 bridgehead atoms. The van der Waals surface area contributed by atoms with Gasteiger partial charge in [-0.05, 0) is 13.8 Å². The van der Waals surface area contributed by atoms with Crippen LogP contribution in [0, 0.1) is 10.1 Å². The van der Waals surface area contributed by atoms with Gasteiger partial charge in [-0.2, -0.15) is 4.98 Å². The second-order valence-electron chi connectivity index (χ2n) is 2.81. The molecular weight excluding hydrogens is 190 g/mol.